The van der Waals surface area contributed by atoms with Crippen LogP contribution in [0.2, 0.25) is 5.02 Å². The van der Waals surface area contributed by atoms with Crippen molar-refractivity contribution in [3.63, 3.8) is 0 Å². The number of nitrogens with zero attached hydrogens (tertiary/aromatic N) is 2. The van der Waals surface area contributed by atoms with Crippen molar-refractivity contribution in [2.45, 2.75) is 6.42 Å². The molecule has 3 nitrogen and oxygen atoms in total. The first-order valence-corrected chi connectivity index (χ1v) is 5.41. The Labute approximate surface area is 104 Å². The number of hydrogen-bond acceptors (Lipinski definition) is 3. The molecule has 0 amide bonds. The number of benzene rings is 1. The second-order valence-electron chi connectivity index (χ2n) is 3.39. The predicted molar refractivity (Wildman–Crippen MR) is 65.1 cm³/mol. The fraction of sp³-hybridized carbons (Fsp3) is 0.0769. The van der Waals surface area contributed by atoms with Crippen LogP contribution in [0.4, 0.5) is 0 Å². The molecule has 84 valence electrons. The molecule has 0 N–H and O–H groups in total. The quantitative estimate of drug-likeness (QED) is 0.829. The van der Waals surface area contributed by atoms with Crippen LogP contribution in [0.15, 0.2) is 42.6 Å². The van der Waals surface area contributed by atoms with Crippen molar-refractivity contribution in [2.75, 3.05) is 0 Å². The van der Waals surface area contributed by atoms with Gasteiger partial charge in [-0.25, -0.2) is 4.98 Å². The molecular formula is C13H9ClN2O. The normalized spacial score (nSPS) is 9.65. The largest absolute Gasteiger partial charge is 0.439 e. The SMILES string of the molecule is N#CCc1ccnc(Oc2ccc(Cl)cc2)c1. The minimum atomic E-state index is 0.347. The zero-order valence-electron chi connectivity index (χ0n) is 8.93. The number of pyridine rings is 1. The van der Waals surface area contributed by atoms with Crippen LogP contribution in [-0.4, -0.2) is 4.98 Å². The van der Waals surface area contributed by atoms with E-state index in [0.717, 1.165) is 5.56 Å². The fourth-order valence-corrected chi connectivity index (χ4v) is 1.46. The van der Waals surface area contributed by atoms with Crippen LogP contribution in [0.3, 0.4) is 0 Å². The van der Waals surface area contributed by atoms with Crippen LogP contribution in [0.5, 0.6) is 11.6 Å². The van der Waals surface area contributed by atoms with E-state index in [4.69, 9.17) is 21.6 Å². The van der Waals surface area contributed by atoms with Gasteiger partial charge in [0.15, 0.2) is 0 Å². The first kappa shape index (κ1) is 11.4. The third-order valence-electron chi connectivity index (χ3n) is 2.12. The number of halogens is 1. The molecule has 1 aromatic carbocycles. The van der Waals surface area contributed by atoms with Crippen LogP contribution >= 0.6 is 11.6 Å². The van der Waals surface area contributed by atoms with Crippen LogP contribution < -0.4 is 4.74 Å². The molecule has 1 heterocycles. The molecule has 0 radical (unpaired) electrons. The van der Waals surface area contributed by atoms with Crippen LogP contribution in [-0.2, 0) is 6.42 Å². The van der Waals surface area contributed by atoms with Crippen LogP contribution in [0, 0.1) is 11.3 Å². The Hall–Kier alpha value is -2.05. The molecule has 4 heteroatoms. The molecule has 0 saturated heterocycles. The van der Waals surface area contributed by atoms with Gasteiger partial charge in [0.1, 0.15) is 5.75 Å². The minimum Gasteiger partial charge on any atom is -0.439 e. The lowest BCUT2D eigenvalue weighted by Crippen LogP contribution is -1.89. The third-order valence-corrected chi connectivity index (χ3v) is 2.37. The van der Waals surface area contributed by atoms with Gasteiger partial charge in [0, 0.05) is 17.3 Å². The molecular weight excluding hydrogens is 236 g/mol. The molecule has 0 spiro atoms. The van der Waals surface area contributed by atoms with Gasteiger partial charge in [-0.3, -0.25) is 0 Å². The summed E-state index contributed by atoms with van der Waals surface area (Å²) in [4.78, 5) is 4.07. The summed E-state index contributed by atoms with van der Waals surface area (Å²) < 4.78 is 5.54. The zero-order valence-corrected chi connectivity index (χ0v) is 9.69. The summed E-state index contributed by atoms with van der Waals surface area (Å²) in [6.07, 6.45) is 1.97. The van der Waals surface area contributed by atoms with Crippen molar-refractivity contribution in [1.29, 1.82) is 5.26 Å². The van der Waals surface area contributed by atoms with Gasteiger partial charge in [0.2, 0.25) is 5.88 Å². The highest BCUT2D eigenvalue weighted by Gasteiger charge is 2.00. The van der Waals surface area contributed by atoms with E-state index in [2.05, 4.69) is 11.1 Å². The van der Waals surface area contributed by atoms with Crippen LogP contribution in [0.25, 0.3) is 0 Å². The van der Waals surface area contributed by atoms with Gasteiger partial charge in [0.05, 0.1) is 12.5 Å². The van der Waals surface area contributed by atoms with Crippen molar-refractivity contribution >= 4 is 11.6 Å². The number of hydrogen-bond donors (Lipinski definition) is 0. The van der Waals surface area contributed by atoms with Crippen molar-refractivity contribution in [2.24, 2.45) is 0 Å². The van der Waals surface area contributed by atoms with E-state index in [0.29, 0.717) is 23.1 Å². The zero-order chi connectivity index (χ0) is 12.1. The van der Waals surface area contributed by atoms with Crippen molar-refractivity contribution in [1.82, 2.24) is 4.98 Å². The Bertz CT molecular complexity index is 546. The smallest absolute Gasteiger partial charge is 0.219 e. The van der Waals surface area contributed by atoms with E-state index in [1.165, 1.54) is 0 Å². The Balaban J connectivity index is 2.16. The lowest BCUT2D eigenvalue weighted by Gasteiger charge is -2.05. The molecule has 0 aliphatic rings. The average Bonchev–Trinajstić information content (AvgIpc) is 2.33. The Morgan fingerprint density at radius 3 is 2.71 bits per heavy atom. The molecule has 0 fully saturated rings. The lowest BCUT2D eigenvalue weighted by molar-refractivity contribution is 0.462. The predicted octanol–water partition coefficient (Wildman–Crippen LogP) is 3.59. The summed E-state index contributed by atoms with van der Waals surface area (Å²) in [6, 6.07) is 12.6. The molecule has 0 aliphatic carbocycles. The first-order chi connectivity index (χ1) is 8.28. The van der Waals surface area contributed by atoms with Gasteiger partial charge in [-0.1, -0.05) is 11.6 Å². The lowest BCUT2D eigenvalue weighted by atomic mass is 10.2. The van der Waals surface area contributed by atoms with Gasteiger partial charge in [-0.2, -0.15) is 5.26 Å². The second-order valence-corrected chi connectivity index (χ2v) is 3.83. The highest BCUT2D eigenvalue weighted by Crippen LogP contribution is 2.21. The van der Waals surface area contributed by atoms with E-state index in [1.807, 2.05) is 0 Å². The molecule has 2 aromatic rings. The molecule has 0 atom stereocenters. The Morgan fingerprint density at radius 2 is 2.00 bits per heavy atom. The molecule has 0 unspecified atom stereocenters. The van der Waals surface area contributed by atoms with Gasteiger partial charge in [-0.15, -0.1) is 0 Å². The summed E-state index contributed by atoms with van der Waals surface area (Å²) >= 11 is 5.77. The van der Waals surface area contributed by atoms with Gasteiger partial charge >= 0.3 is 0 Å². The van der Waals surface area contributed by atoms with Crippen LogP contribution in [0.1, 0.15) is 5.56 Å². The number of aromatic nitrogens is 1. The van der Waals surface area contributed by atoms with E-state index in [9.17, 15) is 0 Å². The Kier molecular flexibility index (Phi) is 3.59. The summed E-state index contributed by atoms with van der Waals surface area (Å²) in [5.41, 5.74) is 0.881. The second kappa shape index (κ2) is 5.33. The standard InChI is InChI=1S/C13H9ClN2O/c14-11-1-3-12(4-2-11)17-13-9-10(5-7-15)6-8-16-13/h1-4,6,8-9H,5H2. The first-order valence-electron chi connectivity index (χ1n) is 5.03. The highest BCUT2D eigenvalue weighted by molar-refractivity contribution is 6.30. The molecule has 2 rings (SSSR count). The summed E-state index contributed by atoms with van der Waals surface area (Å²) in [7, 11) is 0. The van der Waals surface area contributed by atoms with Crippen molar-refractivity contribution in [3.8, 4) is 17.7 Å². The third kappa shape index (κ3) is 3.20. The maximum Gasteiger partial charge on any atom is 0.219 e. The average molecular weight is 245 g/mol. The maximum absolute atomic E-state index is 8.60. The fourth-order valence-electron chi connectivity index (χ4n) is 1.33. The highest BCUT2D eigenvalue weighted by atomic mass is 35.5. The molecule has 0 aliphatic heterocycles. The van der Waals surface area contributed by atoms with Gasteiger partial charge in [0.25, 0.3) is 0 Å². The van der Waals surface area contributed by atoms with Crippen molar-refractivity contribution < 1.29 is 4.74 Å². The molecule has 17 heavy (non-hydrogen) atoms. The van der Waals surface area contributed by atoms with E-state index < -0.39 is 0 Å². The van der Waals surface area contributed by atoms with E-state index in [-0.39, 0.29) is 0 Å². The number of nitriles is 1. The number of ether oxygens (including phenoxy) is 1. The molecule has 0 saturated carbocycles. The number of rotatable bonds is 3. The summed E-state index contributed by atoms with van der Waals surface area (Å²) in [5, 5.41) is 9.26. The van der Waals surface area contributed by atoms with E-state index in [1.54, 1.807) is 42.6 Å². The Morgan fingerprint density at radius 1 is 1.24 bits per heavy atom. The summed E-state index contributed by atoms with van der Waals surface area (Å²) in [5.74, 6) is 1.14. The monoisotopic (exact) mass is 244 g/mol. The molecule has 0 bridgehead atoms. The minimum absolute atomic E-state index is 0.347. The van der Waals surface area contributed by atoms with Gasteiger partial charge in [-0.05, 0) is 35.9 Å². The van der Waals surface area contributed by atoms with Gasteiger partial charge < -0.3 is 4.74 Å². The molecule has 1 aromatic heterocycles. The van der Waals surface area contributed by atoms with E-state index >= 15 is 0 Å². The maximum atomic E-state index is 8.60. The summed E-state index contributed by atoms with van der Waals surface area (Å²) in [6.45, 7) is 0. The topological polar surface area (TPSA) is 45.9 Å². The van der Waals surface area contributed by atoms with Crippen molar-refractivity contribution in [3.05, 3.63) is 53.2 Å².